The summed E-state index contributed by atoms with van der Waals surface area (Å²) in [5, 5.41) is 10.0. The normalized spacial score (nSPS) is 9.57. The molecule has 0 aliphatic carbocycles. The SMILES string of the molecule is CC(=O)Oc1ccc([N+](=O)[O-])c(Cl)n1. The molecular formula is C7H5ClN2O4. The molecule has 6 nitrogen and oxygen atoms in total. The Kier molecular flexibility index (Phi) is 2.98. The van der Waals surface area contributed by atoms with E-state index in [1.165, 1.54) is 13.0 Å². The molecule has 0 amide bonds. The predicted octanol–water partition coefficient (Wildman–Crippen LogP) is 1.57. The number of carbonyl (C=O) groups is 1. The first-order chi connectivity index (χ1) is 6.50. The topological polar surface area (TPSA) is 82.3 Å². The van der Waals surface area contributed by atoms with E-state index in [0.29, 0.717) is 0 Å². The van der Waals surface area contributed by atoms with Crippen LogP contribution in [0.5, 0.6) is 5.88 Å². The van der Waals surface area contributed by atoms with Gasteiger partial charge in [0.1, 0.15) is 0 Å². The molecule has 1 heterocycles. The number of hydrogen-bond donors (Lipinski definition) is 0. The fourth-order valence-electron chi connectivity index (χ4n) is 0.751. The van der Waals surface area contributed by atoms with Crippen molar-refractivity contribution >= 4 is 23.3 Å². The number of aromatic nitrogens is 1. The van der Waals surface area contributed by atoms with Gasteiger partial charge in [0.25, 0.3) is 0 Å². The summed E-state index contributed by atoms with van der Waals surface area (Å²) >= 11 is 5.46. The molecule has 0 saturated carbocycles. The zero-order valence-electron chi connectivity index (χ0n) is 7.06. The second-order valence-corrected chi connectivity index (χ2v) is 2.67. The number of carbonyl (C=O) groups excluding carboxylic acids is 1. The third-order valence-electron chi connectivity index (χ3n) is 1.25. The largest absolute Gasteiger partial charge is 0.408 e. The van der Waals surface area contributed by atoms with E-state index in [9.17, 15) is 14.9 Å². The first kappa shape index (κ1) is 10.4. The molecule has 0 fully saturated rings. The summed E-state index contributed by atoms with van der Waals surface area (Å²) in [5.74, 6) is -0.629. The lowest BCUT2D eigenvalue weighted by Crippen LogP contribution is -2.03. The molecule has 1 aromatic heterocycles. The second kappa shape index (κ2) is 4.01. The Bertz CT molecular complexity index is 393. The van der Waals surface area contributed by atoms with Gasteiger partial charge in [0.05, 0.1) is 4.92 Å². The van der Waals surface area contributed by atoms with E-state index >= 15 is 0 Å². The maximum absolute atomic E-state index is 10.5. The fraction of sp³-hybridized carbons (Fsp3) is 0.143. The predicted molar refractivity (Wildman–Crippen MR) is 47.2 cm³/mol. The quantitative estimate of drug-likeness (QED) is 0.324. The van der Waals surface area contributed by atoms with Gasteiger partial charge in [0.2, 0.25) is 11.0 Å². The molecule has 74 valence electrons. The number of ether oxygens (including phenoxy) is 1. The van der Waals surface area contributed by atoms with Crippen molar-refractivity contribution in [2.24, 2.45) is 0 Å². The van der Waals surface area contributed by atoms with E-state index in [1.54, 1.807) is 0 Å². The van der Waals surface area contributed by atoms with Crippen molar-refractivity contribution in [1.29, 1.82) is 0 Å². The Morgan fingerprint density at radius 3 is 2.71 bits per heavy atom. The lowest BCUT2D eigenvalue weighted by molar-refractivity contribution is -0.385. The summed E-state index contributed by atoms with van der Waals surface area (Å²) in [6.45, 7) is 1.19. The number of rotatable bonds is 2. The second-order valence-electron chi connectivity index (χ2n) is 2.31. The van der Waals surface area contributed by atoms with Crippen LogP contribution in [0.2, 0.25) is 5.15 Å². The maximum Gasteiger partial charge on any atom is 0.309 e. The molecule has 0 saturated heterocycles. The highest BCUT2D eigenvalue weighted by molar-refractivity contribution is 6.31. The molecule has 7 heteroatoms. The molecule has 0 radical (unpaired) electrons. The molecule has 0 aliphatic heterocycles. The van der Waals surface area contributed by atoms with Crippen LogP contribution in [-0.2, 0) is 4.79 Å². The smallest absolute Gasteiger partial charge is 0.309 e. The van der Waals surface area contributed by atoms with Crippen LogP contribution in [-0.4, -0.2) is 15.9 Å². The Labute approximate surface area is 83.6 Å². The van der Waals surface area contributed by atoms with E-state index in [-0.39, 0.29) is 16.7 Å². The van der Waals surface area contributed by atoms with E-state index in [2.05, 4.69) is 9.72 Å². The van der Waals surface area contributed by atoms with E-state index in [0.717, 1.165) is 6.07 Å². The lowest BCUT2D eigenvalue weighted by atomic mass is 10.4. The van der Waals surface area contributed by atoms with Crippen LogP contribution in [0.4, 0.5) is 5.69 Å². The van der Waals surface area contributed by atoms with Gasteiger partial charge in [0, 0.05) is 19.1 Å². The summed E-state index contributed by atoms with van der Waals surface area (Å²) in [4.78, 5) is 23.7. The van der Waals surface area contributed by atoms with Gasteiger partial charge in [-0.15, -0.1) is 0 Å². The van der Waals surface area contributed by atoms with Gasteiger partial charge in [-0.25, -0.2) is 0 Å². The monoisotopic (exact) mass is 216 g/mol. The molecule has 1 rings (SSSR count). The minimum absolute atomic E-state index is 0.0619. The zero-order valence-corrected chi connectivity index (χ0v) is 7.82. The number of nitro groups is 1. The van der Waals surface area contributed by atoms with Gasteiger partial charge in [-0.3, -0.25) is 14.9 Å². The van der Waals surface area contributed by atoms with Crippen LogP contribution in [0.3, 0.4) is 0 Å². The Hall–Kier alpha value is -1.69. The van der Waals surface area contributed by atoms with Crippen LogP contribution >= 0.6 is 11.6 Å². The molecule has 0 aliphatic rings. The summed E-state index contributed by atoms with van der Waals surface area (Å²) in [7, 11) is 0. The van der Waals surface area contributed by atoms with E-state index in [1.807, 2.05) is 0 Å². The van der Waals surface area contributed by atoms with E-state index in [4.69, 9.17) is 11.6 Å². The van der Waals surface area contributed by atoms with Gasteiger partial charge >= 0.3 is 11.7 Å². The average Bonchev–Trinajstić information content (AvgIpc) is 2.01. The molecule has 1 aromatic rings. The minimum atomic E-state index is -0.674. The maximum atomic E-state index is 10.5. The fourth-order valence-corrected chi connectivity index (χ4v) is 0.966. The summed E-state index contributed by atoms with van der Waals surface area (Å²) < 4.78 is 4.57. The summed E-state index contributed by atoms with van der Waals surface area (Å²) in [6, 6.07) is 2.32. The number of halogens is 1. The number of pyridine rings is 1. The molecule has 0 atom stereocenters. The summed E-state index contributed by atoms with van der Waals surface area (Å²) in [6.07, 6.45) is 0. The number of nitrogens with zero attached hydrogens (tertiary/aromatic N) is 2. The molecular weight excluding hydrogens is 212 g/mol. The molecule has 0 bridgehead atoms. The third-order valence-corrected chi connectivity index (χ3v) is 1.53. The first-order valence-electron chi connectivity index (χ1n) is 3.50. The minimum Gasteiger partial charge on any atom is -0.408 e. The van der Waals surface area contributed by atoms with Gasteiger partial charge in [-0.1, -0.05) is 11.6 Å². The van der Waals surface area contributed by atoms with Crippen molar-refractivity contribution < 1.29 is 14.5 Å². The zero-order chi connectivity index (χ0) is 10.7. The van der Waals surface area contributed by atoms with Crippen LogP contribution in [0.25, 0.3) is 0 Å². The van der Waals surface area contributed by atoms with Crippen molar-refractivity contribution in [1.82, 2.24) is 4.98 Å². The van der Waals surface area contributed by atoms with Gasteiger partial charge in [-0.05, 0) is 0 Å². The van der Waals surface area contributed by atoms with Crippen LogP contribution < -0.4 is 4.74 Å². The molecule has 0 spiro atoms. The van der Waals surface area contributed by atoms with Gasteiger partial charge in [-0.2, -0.15) is 4.98 Å². The first-order valence-corrected chi connectivity index (χ1v) is 3.88. The third kappa shape index (κ3) is 2.40. The number of esters is 1. The van der Waals surface area contributed by atoms with Crippen molar-refractivity contribution in [2.75, 3.05) is 0 Å². The Balaban J connectivity index is 3.00. The number of hydrogen-bond acceptors (Lipinski definition) is 5. The van der Waals surface area contributed by atoms with Crippen molar-refractivity contribution in [2.45, 2.75) is 6.92 Å². The van der Waals surface area contributed by atoms with Crippen LogP contribution in [0.15, 0.2) is 12.1 Å². The van der Waals surface area contributed by atoms with Gasteiger partial charge in [0.15, 0.2) is 0 Å². The highest BCUT2D eigenvalue weighted by atomic mass is 35.5. The lowest BCUT2D eigenvalue weighted by Gasteiger charge is -1.99. The molecule has 14 heavy (non-hydrogen) atoms. The van der Waals surface area contributed by atoms with Crippen molar-refractivity contribution in [3.8, 4) is 5.88 Å². The highest BCUT2D eigenvalue weighted by Gasteiger charge is 2.14. The van der Waals surface area contributed by atoms with Crippen LogP contribution in [0.1, 0.15) is 6.92 Å². The molecule has 0 N–H and O–H groups in total. The van der Waals surface area contributed by atoms with E-state index < -0.39 is 10.9 Å². The summed E-state index contributed by atoms with van der Waals surface area (Å²) in [5.41, 5.74) is -0.331. The molecule has 0 aromatic carbocycles. The molecule has 0 unspecified atom stereocenters. The highest BCUT2D eigenvalue weighted by Crippen LogP contribution is 2.24. The Morgan fingerprint density at radius 2 is 2.29 bits per heavy atom. The van der Waals surface area contributed by atoms with Gasteiger partial charge < -0.3 is 4.74 Å². The average molecular weight is 217 g/mol. The van der Waals surface area contributed by atoms with Crippen molar-refractivity contribution in [3.05, 3.63) is 27.4 Å². The standard InChI is InChI=1S/C7H5ClN2O4/c1-4(11)14-6-3-2-5(10(12)13)7(8)9-6/h2-3H,1H3. The van der Waals surface area contributed by atoms with Crippen LogP contribution in [0, 0.1) is 10.1 Å². The Morgan fingerprint density at radius 1 is 1.64 bits per heavy atom. The van der Waals surface area contributed by atoms with Crippen molar-refractivity contribution in [3.63, 3.8) is 0 Å².